The van der Waals surface area contributed by atoms with Gasteiger partial charge in [-0.3, -0.25) is 4.99 Å². The predicted octanol–water partition coefficient (Wildman–Crippen LogP) is 2.77. The fourth-order valence-electron chi connectivity index (χ4n) is 1.74. The lowest BCUT2D eigenvalue weighted by atomic mass is 9.84. The molecule has 18 heavy (non-hydrogen) atoms. The van der Waals surface area contributed by atoms with Crippen molar-refractivity contribution in [2.45, 2.75) is 33.1 Å². The van der Waals surface area contributed by atoms with Gasteiger partial charge >= 0.3 is 0 Å². The zero-order chi connectivity index (χ0) is 13.4. The molecule has 1 rings (SSSR count). The van der Waals surface area contributed by atoms with Crippen molar-refractivity contribution in [3.8, 4) is 0 Å². The molecule has 0 aromatic carbocycles. The van der Waals surface area contributed by atoms with Gasteiger partial charge in [-0.15, -0.1) is 0 Å². The van der Waals surface area contributed by atoms with Crippen molar-refractivity contribution in [3.63, 3.8) is 0 Å². The van der Waals surface area contributed by atoms with Crippen LogP contribution in [-0.4, -0.2) is 43.6 Å². The Balaban J connectivity index is 2.19. The van der Waals surface area contributed by atoms with Crippen LogP contribution >= 0.6 is 11.8 Å². The second-order valence-electron chi connectivity index (χ2n) is 4.51. The van der Waals surface area contributed by atoms with Crippen molar-refractivity contribution in [1.29, 1.82) is 0 Å². The number of nitrogens with zero attached hydrogens (tertiary/aromatic N) is 1. The second-order valence-corrected chi connectivity index (χ2v) is 5.47. The minimum absolute atomic E-state index is 0.288. The maximum atomic E-state index is 11.8. The van der Waals surface area contributed by atoms with Gasteiger partial charge in [0.2, 0.25) is 0 Å². The number of rotatable bonds is 7. The van der Waals surface area contributed by atoms with E-state index in [4.69, 9.17) is 4.74 Å². The Hall–Kier alpha value is -0.360. The lowest BCUT2D eigenvalue weighted by Gasteiger charge is -2.33. The Morgan fingerprint density at radius 1 is 1.44 bits per heavy atom. The maximum absolute atomic E-state index is 11.8. The Labute approximate surface area is 112 Å². The van der Waals surface area contributed by atoms with E-state index in [2.05, 4.69) is 24.2 Å². The van der Waals surface area contributed by atoms with E-state index in [0.29, 0.717) is 12.0 Å². The molecule has 0 fully saturated rings. The molecule has 0 spiro atoms. The highest BCUT2D eigenvalue weighted by atomic mass is 32.2. The van der Waals surface area contributed by atoms with Gasteiger partial charge in [0, 0.05) is 18.8 Å². The summed E-state index contributed by atoms with van der Waals surface area (Å²) in [5.74, 6) is 1.07. The number of halogens is 2. The second kappa shape index (κ2) is 7.94. The molecule has 0 saturated carbocycles. The van der Waals surface area contributed by atoms with Crippen molar-refractivity contribution < 1.29 is 13.5 Å². The first kappa shape index (κ1) is 15.7. The van der Waals surface area contributed by atoms with Crippen LogP contribution in [0.1, 0.15) is 26.7 Å². The molecule has 0 atom stereocenters. The lowest BCUT2D eigenvalue weighted by molar-refractivity contribution is 0.0197. The van der Waals surface area contributed by atoms with Crippen molar-refractivity contribution in [2.75, 3.05) is 32.1 Å². The van der Waals surface area contributed by atoms with Gasteiger partial charge in [-0.05, 0) is 18.3 Å². The largest absolute Gasteiger partial charge is 0.374 e. The van der Waals surface area contributed by atoms with Gasteiger partial charge in [0.1, 0.15) is 6.61 Å². The predicted molar refractivity (Wildman–Crippen MR) is 72.6 cm³/mol. The molecule has 1 aliphatic heterocycles. The number of aliphatic imine (C=N–C) groups is 1. The van der Waals surface area contributed by atoms with Crippen LogP contribution in [0.3, 0.4) is 0 Å². The van der Waals surface area contributed by atoms with E-state index in [1.807, 2.05) is 0 Å². The molecule has 0 amide bonds. The monoisotopic (exact) mass is 280 g/mol. The molecular weight excluding hydrogens is 258 g/mol. The number of alkyl halides is 2. The molecule has 0 aromatic rings. The summed E-state index contributed by atoms with van der Waals surface area (Å²) < 4.78 is 28.4. The molecule has 0 radical (unpaired) electrons. The Morgan fingerprint density at radius 3 is 2.67 bits per heavy atom. The Kier molecular flexibility index (Phi) is 6.92. The fourth-order valence-corrected chi connectivity index (χ4v) is 3.04. The van der Waals surface area contributed by atoms with Gasteiger partial charge in [-0.1, -0.05) is 25.6 Å². The van der Waals surface area contributed by atoms with Crippen LogP contribution < -0.4 is 5.32 Å². The van der Waals surface area contributed by atoms with Crippen LogP contribution in [0.25, 0.3) is 0 Å². The van der Waals surface area contributed by atoms with Crippen LogP contribution in [-0.2, 0) is 4.74 Å². The maximum Gasteiger partial charge on any atom is 0.261 e. The molecule has 0 aromatic heterocycles. The van der Waals surface area contributed by atoms with Crippen molar-refractivity contribution in [1.82, 2.24) is 5.32 Å². The first-order chi connectivity index (χ1) is 8.62. The molecule has 0 saturated heterocycles. The van der Waals surface area contributed by atoms with Crippen LogP contribution in [0.4, 0.5) is 8.78 Å². The van der Waals surface area contributed by atoms with Gasteiger partial charge in [0.25, 0.3) is 6.43 Å². The zero-order valence-electron chi connectivity index (χ0n) is 11.0. The molecule has 1 N–H and O–H groups in total. The number of hydrogen-bond donors (Lipinski definition) is 1. The van der Waals surface area contributed by atoms with Crippen molar-refractivity contribution in [3.05, 3.63) is 0 Å². The standard InChI is InChI=1S/C12H22F2N2OS/c1-3-12(4-2)8-16-11(18-9-12)15-5-6-17-7-10(13)14/h10H,3-9H2,1-2H3,(H,15,16). The van der Waals surface area contributed by atoms with E-state index in [0.717, 1.165) is 30.3 Å². The molecule has 6 heteroatoms. The summed E-state index contributed by atoms with van der Waals surface area (Å²) in [6.45, 7) is 5.59. The van der Waals surface area contributed by atoms with E-state index in [-0.39, 0.29) is 6.61 Å². The molecule has 1 heterocycles. The van der Waals surface area contributed by atoms with Crippen LogP contribution in [0, 0.1) is 5.41 Å². The Bertz CT molecular complexity index is 271. The van der Waals surface area contributed by atoms with E-state index in [1.165, 1.54) is 0 Å². The average molecular weight is 280 g/mol. The van der Waals surface area contributed by atoms with Crippen molar-refractivity contribution >= 4 is 16.9 Å². The topological polar surface area (TPSA) is 33.6 Å². The van der Waals surface area contributed by atoms with Gasteiger partial charge in [-0.2, -0.15) is 0 Å². The van der Waals surface area contributed by atoms with E-state index < -0.39 is 13.0 Å². The highest BCUT2D eigenvalue weighted by Crippen LogP contribution is 2.34. The summed E-state index contributed by atoms with van der Waals surface area (Å²) >= 11 is 1.72. The third-order valence-corrected chi connectivity index (χ3v) is 4.64. The molecule has 0 bridgehead atoms. The van der Waals surface area contributed by atoms with E-state index in [1.54, 1.807) is 11.8 Å². The quantitative estimate of drug-likeness (QED) is 0.728. The minimum atomic E-state index is -2.39. The SMILES string of the molecule is CCC1(CC)CN=C(NCCOCC(F)F)SC1. The molecule has 0 unspecified atom stereocenters. The molecule has 1 aliphatic rings. The number of amidine groups is 1. The highest BCUT2D eigenvalue weighted by molar-refractivity contribution is 8.13. The van der Waals surface area contributed by atoms with Gasteiger partial charge in [0.05, 0.1) is 6.61 Å². The number of hydrogen-bond acceptors (Lipinski definition) is 4. The summed E-state index contributed by atoms with van der Waals surface area (Å²) in [7, 11) is 0. The molecule has 0 aliphatic carbocycles. The third kappa shape index (κ3) is 5.10. The van der Waals surface area contributed by atoms with Gasteiger partial charge in [0.15, 0.2) is 5.17 Å². The molecule has 106 valence electrons. The molecular formula is C12H22F2N2OS. The fraction of sp³-hybridized carbons (Fsp3) is 0.917. The minimum Gasteiger partial charge on any atom is -0.374 e. The van der Waals surface area contributed by atoms with E-state index >= 15 is 0 Å². The first-order valence-corrected chi connectivity index (χ1v) is 7.37. The smallest absolute Gasteiger partial charge is 0.261 e. The first-order valence-electron chi connectivity index (χ1n) is 6.39. The summed E-state index contributed by atoms with van der Waals surface area (Å²) in [5, 5.41) is 4.03. The number of thioether (sulfide) groups is 1. The summed E-state index contributed by atoms with van der Waals surface area (Å²) in [5.41, 5.74) is 0.335. The van der Waals surface area contributed by atoms with Crippen LogP contribution in [0.2, 0.25) is 0 Å². The third-order valence-electron chi connectivity index (χ3n) is 3.34. The summed E-state index contributed by atoms with van der Waals surface area (Å²) in [4.78, 5) is 4.52. The summed E-state index contributed by atoms with van der Waals surface area (Å²) in [6.07, 6.45) is -0.101. The van der Waals surface area contributed by atoms with Crippen LogP contribution in [0.5, 0.6) is 0 Å². The lowest BCUT2D eigenvalue weighted by Crippen LogP contribution is -2.35. The average Bonchev–Trinajstić information content (AvgIpc) is 2.39. The summed E-state index contributed by atoms with van der Waals surface area (Å²) in [6, 6.07) is 0. The van der Waals surface area contributed by atoms with Gasteiger partial charge < -0.3 is 10.1 Å². The van der Waals surface area contributed by atoms with E-state index in [9.17, 15) is 8.78 Å². The van der Waals surface area contributed by atoms with Gasteiger partial charge in [-0.25, -0.2) is 8.78 Å². The normalized spacial score (nSPS) is 18.8. The Morgan fingerprint density at radius 2 is 2.17 bits per heavy atom. The zero-order valence-corrected chi connectivity index (χ0v) is 11.9. The highest BCUT2D eigenvalue weighted by Gasteiger charge is 2.29. The number of ether oxygens (including phenoxy) is 1. The van der Waals surface area contributed by atoms with Crippen LogP contribution in [0.15, 0.2) is 4.99 Å². The molecule has 3 nitrogen and oxygen atoms in total. The number of nitrogens with one attached hydrogen (secondary N) is 1. The van der Waals surface area contributed by atoms with Crippen molar-refractivity contribution in [2.24, 2.45) is 10.4 Å².